The van der Waals surface area contributed by atoms with Gasteiger partial charge < -0.3 is 16.4 Å². The van der Waals surface area contributed by atoms with Crippen molar-refractivity contribution in [1.82, 2.24) is 6.15 Å². The van der Waals surface area contributed by atoms with E-state index in [0.717, 1.165) is 0 Å². The van der Waals surface area contributed by atoms with Gasteiger partial charge in [-0.15, -0.1) is 0 Å². The lowest BCUT2D eigenvalue weighted by atomic mass is 10.1. The third-order valence-electron chi connectivity index (χ3n) is 2.17. The van der Waals surface area contributed by atoms with Crippen molar-refractivity contribution in [2.24, 2.45) is 0 Å². The van der Waals surface area contributed by atoms with Crippen LogP contribution in [0.1, 0.15) is 0 Å². The van der Waals surface area contributed by atoms with Crippen LogP contribution in [-0.2, 0) is 10.1 Å². The summed E-state index contributed by atoms with van der Waals surface area (Å²) in [6.07, 6.45) is 0. The average Bonchev–Trinajstić information content (AvgIpc) is 2.16. The largest absolute Gasteiger partial charge is 0.744 e. The summed E-state index contributed by atoms with van der Waals surface area (Å²) in [5.41, 5.74) is 5.94. The topological polar surface area (TPSA) is 120 Å². The third-order valence-corrected chi connectivity index (χ3v) is 3.05. The first-order valence-corrected chi connectivity index (χ1v) is 5.64. The molecule has 6 heteroatoms. The number of nitrogens with two attached hydrogens (primary N) is 1. The van der Waals surface area contributed by atoms with Gasteiger partial charge in [-0.3, -0.25) is 0 Å². The fraction of sp³-hybridized carbons (Fsp3) is 0. The Bertz CT molecular complexity index is 618. The van der Waals surface area contributed by atoms with Crippen molar-refractivity contribution in [3.8, 4) is 0 Å². The third kappa shape index (κ3) is 1.99. The molecule has 0 amide bonds. The molecule has 0 spiro atoms. The van der Waals surface area contributed by atoms with Gasteiger partial charge >= 0.3 is 0 Å². The zero-order chi connectivity index (χ0) is 11.1. The lowest BCUT2D eigenvalue weighted by Crippen LogP contribution is -2.01. The molecule has 0 fully saturated rings. The van der Waals surface area contributed by atoms with Crippen LogP contribution in [0, 0.1) is 0 Å². The van der Waals surface area contributed by atoms with E-state index in [1.807, 2.05) is 0 Å². The van der Waals surface area contributed by atoms with Crippen molar-refractivity contribution in [3.63, 3.8) is 0 Å². The summed E-state index contributed by atoms with van der Waals surface area (Å²) in [7, 11) is -4.48. The van der Waals surface area contributed by atoms with Crippen LogP contribution in [0.5, 0.6) is 0 Å². The quantitative estimate of drug-likeness (QED) is 0.582. The number of hydrogen-bond acceptors (Lipinski definition) is 4. The van der Waals surface area contributed by atoms with E-state index in [2.05, 4.69) is 0 Å². The van der Waals surface area contributed by atoms with Crippen molar-refractivity contribution >= 4 is 26.6 Å². The molecule has 0 saturated heterocycles. The van der Waals surface area contributed by atoms with E-state index >= 15 is 0 Å². The number of quaternary nitrogens is 1. The summed E-state index contributed by atoms with van der Waals surface area (Å²) in [6, 6.07) is 9.48. The number of rotatable bonds is 1. The maximum Gasteiger partial charge on any atom is 0.125 e. The molecule has 0 saturated carbocycles. The number of nitrogen functional groups attached to an aromatic ring is 1. The summed E-state index contributed by atoms with van der Waals surface area (Å²) in [5, 5.41) is 0.946. The van der Waals surface area contributed by atoms with Gasteiger partial charge in [-0.1, -0.05) is 24.3 Å². The maximum absolute atomic E-state index is 11.0. The van der Waals surface area contributed by atoms with Crippen LogP contribution in [0.4, 0.5) is 5.69 Å². The molecule has 0 aromatic heterocycles. The van der Waals surface area contributed by atoms with Gasteiger partial charge in [0.25, 0.3) is 0 Å². The van der Waals surface area contributed by atoms with E-state index in [1.54, 1.807) is 24.3 Å². The normalized spacial score (nSPS) is 11.1. The zero-order valence-corrected chi connectivity index (χ0v) is 9.49. The standard InChI is InChI=1S/C10H9NO3S.H3N/c11-8-5-1-3-7-4-2-6-9(10(7)8)15(12,13)14;/h1-6H,11H2,(H,12,13,14);1H3. The van der Waals surface area contributed by atoms with Gasteiger partial charge in [0.05, 0.1) is 4.90 Å². The minimum absolute atomic E-state index is 0. The highest BCUT2D eigenvalue weighted by Gasteiger charge is 2.08. The van der Waals surface area contributed by atoms with E-state index < -0.39 is 10.1 Å². The number of benzene rings is 2. The second-order valence-electron chi connectivity index (χ2n) is 3.16. The highest BCUT2D eigenvalue weighted by molar-refractivity contribution is 7.86. The summed E-state index contributed by atoms with van der Waals surface area (Å²) >= 11 is 0. The van der Waals surface area contributed by atoms with E-state index in [4.69, 9.17) is 5.73 Å². The molecule has 16 heavy (non-hydrogen) atoms. The Kier molecular flexibility index (Phi) is 3.18. The summed E-state index contributed by atoms with van der Waals surface area (Å²) in [6.45, 7) is 0. The average molecular weight is 240 g/mol. The highest BCUT2D eigenvalue weighted by atomic mass is 32.2. The summed E-state index contributed by atoms with van der Waals surface area (Å²) in [5.74, 6) is 0. The van der Waals surface area contributed by atoms with Crippen molar-refractivity contribution in [2.45, 2.75) is 4.90 Å². The van der Waals surface area contributed by atoms with Crippen LogP contribution in [-0.4, -0.2) is 13.0 Å². The highest BCUT2D eigenvalue weighted by Crippen LogP contribution is 2.27. The molecule has 0 unspecified atom stereocenters. The molecule has 0 bridgehead atoms. The predicted octanol–water partition coefficient (Wildman–Crippen LogP) is 1.70. The Morgan fingerprint density at radius 3 is 2.19 bits per heavy atom. The van der Waals surface area contributed by atoms with Crippen LogP contribution in [0.25, 0.3) is 10.8 Å². The second-order valence-corrected chi connectivity index (χ2v) is 4.50. The second kappa shape index (κ2) is 4.09. The molecule has 2 aromatic carbocycles. The van der Waals surface area contributed by atoms with E-state index in [0.29, 0.717) is 16.5 Å². The Labute approximate surface area is 93.2 Å². The van der Waals surface area contributed by atoms with Crippen LogP contribution in [0.2, 0.25) is 0 Å². The SMILES string of the molecule is Nc1cccc2cccc(S(=O)(=O)[O-])c12.[NH4+]. The van der Waals surface area contributed by atoms with Crippen molar-refractivity contribution in [1.29, 1.82) is 0 Å². The Morgan fingerprint density at radius 1 is 1.06 bits per heavy atom. The van der Waals surface area contributed by atoms with Gasteiger partial charge in [0, 0.05) is 11.1 Å². The van der Waals surface area contributed by atoms with Crippen molar-refractivity contribution < 1.29 is 13.0 Å². The molecule has 0 radical (unpaired) electrons. The molecular formula is C10H12N2O3S. The smallest absolute Gasteiger partial charge is 0.125 e. The van der Waals surface area contributed by atoms with Gasteiger partial charge in [0.15, 0.2) is 0 Å². The maximum atomic E-state index is 11.0. The molecule has 5 nitrogen and oxygen atoms in total. The molecule has 0 atom stereocenters. The fourth-order valence-corrected chi connectivity index (χ4v) is 2.27. The van der Waals surface area contributed by atoms with Crippen LogP contribution in [0.3, 0.4) is 0 Å². The Hall–Kier alpha value is -1.63. The van der Waals surface area contributed by atoms with Gasteiger partial charge in [-0.25, -0.2) is 8.42 Å². The van der Waals surface area contributed by atoms with E-state index in [1.165, 1.54) is 12.1 Å². The molecule has 0 aliphatic carbocycles. The number of fused-ring (bicyclic) bond motifs is 1. The van der Waals surface area contributed by atoms with Crippen LogP contribution < -0.4 is 11.9 Å². The number of hydrogen-bond donors (Lipinski definition) is 2. The minimum atomic E-state index is -4.48. The van der Waals surface area contributed by atoms with Crippen LogP contribution in [0.15, 0.2) is 41.3 Å². The molecule has 2 aromatic rings. The van der Waals surface area contributed by atoms with Gasteiger partial charge in [0.2, 0.25) is 0 Å². The number of anilines is 1. The van der Waals surface area contributed by atoms with Crippen LogP contribution >= 0.6 is 0 Å². The molecule has 2 rings (SSSR count). The molecule has 0 aliphatic rings. The monoisotopic (exact) mass is 240 g/mol. The van der Waals surface area contributed by atoms with Gasteiger partial charge in [0.1, 0.15) is 10.1 Å². The Morgan fingerprint density at radius 2 is 1.62 bits per heavy atom. The molecule has 86 valence electrons. The fourth-order valence-electron chi connectivity index (χ4n) is 1.54. The zero-order valence-electron chi connectivity index (χ0n) is 8.67. The lowest BCUT2D eigenvalue weighted by molar-refractivity contribution is 0.464. The molecule has 0 heterocycles. The predicted molar refractivity (Wildman–Crippen MR) is 62.3 cm³/mol. The van der Waals surface area contributed by atoms with Crippen molar-refractivity contribution in [3.05, 3.63) is 36.4 Å². The minimum Gasteiger partial charge on any atom is -0.744 e. The molecular weight excluding hydrogens is 228 g/mol. The first-order chi connectivity index (χ1) is 7.00. The summed E-state index contributed by atoms with van der Waals surface area (Å²) < 4.78 is 33.0. The molecule has 6 N–H and O–H groups in total. The lowest BCUT2D eigenvalue weighted by Gasteiger charge is -2.11. The first-order valence-electron chi connectivity index (χ1n) is 4.23. The first kappa shape index (κ1) is 12.4. The van der Waals surface area contributed by atoms with Crippen molar-refractivity contribution in [2.75, 3.05) is 5.73 Å². The summed E-state index contributed by atoms with van der Waals surface area (Å²) in [4.78, 5) is -0.266. The van der Waals surface area contributed by atoms with E-state index in [-0.39, 0.29) is 11.0 Å². The van der Waals surface area contributed by atoms with Gasteiger partial charge in [-0.05, 0) is 17.5 Å². The molecule has 0 aliphatic heterocycles. The Balaban J connectivity index is 0.00000128. The van der Waals surface area contributed by atoms with E-state index in [9.17, 15) is 13.0 Å². The van der Waals surface area contributed by atoms with Gasteiger partial charge in [-0.2, -0.15) is 0 Å².